The highest BCUT2D eigenvalue weighted by atomic mass is 32.1. The smallest absolute Gasteiger partial charge is 0.143 e. The van der Waals surface area contributed by atoms with E-state index in [9.17, 15) is 0 Å². The molecular formula is C58H37NOS. The van der Waals surface area contributed by atoms with Gasteiger partial charge in [-0.05, 0) is 105 Å². The predicted molar refractivity (Wildman–Crippen MR) is 261 cm³/mol. The molecule has 0 saturated heterocycles. The van der Waals surface area contributed by atoms with Crippen molar-refractivity contribution in [1.82, 2.24) is 0 Å². The molecule has 2 heterocycles. The van der Waals surface area contributed by atoms with Gasteiger partial charge in [0.05, 0.1) is 16.8 Å². The third kappa shape index (κ3) is 6.01. The maximum atomic E-state index is 6.76. The van der Waals surface area contributed by atoms with Crippen molar-refractivity contribution >= 4 is 81.3 Å². The molecule has 10 aromatic carbocycles. The first-order valence-corrected chi connectivity index (χ1v) is 21.6. The van der Waals surface area contributed by atoms with Gasteiger partial charge in [0.2, 0.25) is 0 Å². The quantitative estimate of drug-likeness (QED) is 0.160. The van der Waals surface area contributed by atoms with E-state index in [2.05, 4.69) is 229 Å². The van der Waals surface area contributed by atoms with Crippen molar-refractivity contribution in [3.05, 3.63) is 224 Å². The third-order valence-corrected chi connectivity index (χ3v) is 13.2. The second-order valence-corrected chi connectivity index (χ2v) is 16.7. The third-order valence-electron chi connectivity index (χ3n) is 12.1. The van der Waals surface area contributed by atoms with Crippen molar-refractivity contribution in [1.29, 1.82) is 0 Å². The van der Waals surface area contributed by atoms with Crippen LogP contribution in [-0.2, 0) is 0 Å². The van der Waals surface area contributed by atoms with Gasteiger partial charge in [-0.15, -0.1) is 11.3 Å². The molecule has 0 aliphatic carbocycles. The van der Waals surface area contributed by atoms with E-state index in [4.69, 9.17) is 4.42 Å². The number of hydrogen-bond acceptors (Lipinski definition) is 3. The maximum Gasteiger partial charge on any atom is 0.143 e. The fraction of sp³-hybridized carbons (Fsp3) is 0. The zero-order chi connectivity index (χ0) is 40.3. The van der Waals surface area contributed by atoms with Crippen LogP contribution in [0.3, 0.4) is 0 Å². The van der Waals surface area contributed by atoms with E-state index in [1.54, 1.807) is 0 Å². The van der Waals surface area contributed by atoms with Crippen LogP contribution in [0, 0.1) is 0 Å². The topological polar surface area (TPSA) is 16.4 Å². The second kappa shape index (κ2) is 14.5. The normalized spacial score (nSPS) is 11.6. The molecule has 0 saturated carbocycles. The van der Waals surface area contributed by atoms with E-state index >= 15 is 0 Å². The monoisotopic (exact) mass is 795 g/mol. The van der Waals surface area contributed by atoms with E-state index < -0.39 is 0 Å². The van der Waals surface area contributed by atoms with Crippen LogP contribution < -0.4 is 4.90 Å². The summed E-state index contributed by atoms with van der Waals surface area (Å²) in [6.45, 7) is 0. The Morgan fingerprint density at radius 1 is 0.344 bits per heavy atom. The Balaban J connectivity index is 1.05. The van der Waals surface area contributed by atoms with E-state index in [-0.39, 0.29) is 0 Å². The summed E-state index contributed by atoms with van der Waals surface area (Å²) >= 11 is 1.85. The van der Waals surface area contributed by atoms with Crippen LogP contribution in [0.1, 0.15) is 0 Å². The van der Waals surface area contributed by atoms with Gasteiger partial charge in [0, 0.05) is 42.2 Å². The first kappa shape index (κ1) is 35.2. The maximum absolute atomic E-state index is 6.76. The fourth-order valence-electron chi connectivity index (χ4n) is 9.19. The summed E-state index contributed by atoms with van der Waals surface area (Å²) in [6.07, 6.45) is 0. The van der Waals surface area contributed by atoms with Gasteiger partial charge in [-0.1, -0.05) is 164 Å². The van der Waals surface area contributed by atoms with E-state index in [0.29, 0.717) is 0 Å². The van der Waals surface area contributed by atoms with Crippen molar-refractivity contribution in [3.8, 4) is 44.5 Å². The molecular weight excluding hydrogens is 759 g/mol. The molecule has 61 heavy (non-hydrogen) atoms. The molecule has 286 valence electrons. The van der Waals surface area contributed by atoms with Crippen LogP contribution in [0.25, 0.3) is 97.4 Å². The summed E-state index contributed by atoms with van der Waals surface area (Å²) in [5.74, 6) is 0. The van der Waals surface area contributed by atoms with Crippen molar-refractivity contribution in [2.45, 2.75) is 0 Å². The number of nitrogens with zero attached hydrogens (tertiary/aromatic N) is 1. The molecule has 0 amide bonds. The highest BCUT2D eigenvalue weighted by molar-refractivity contribution is 7.25. The van der Waals surface area contributed by atoms with Crippen molar-refractivity contribution < 1.29 is 4.42 Å². The van der Waals surface area contributed by atoms with Gasteiger partial charge in [0.1, 0.15) is 11.2 Å². The fourth-order valence-corrected chi connectivity index (χ4v) is 10.3. The number of benzene rings is 10. The molecule has 0 unspecified atom stereocenters. The van der Waals surface area contributed by atoms with Crippen LogP contribution in [0.2, 0.25) is 0 Å². The standard InChI is InChI=1S/C58H37NOS/c1-3-14-39(15-4-1)45-33-29-42(36-50(45)40-16-5-2-6-17-40)38-26-31-44(32-27-38)59(53-23-13-24-54-57(53)49-34-28-41-18-7-8-20-47(41)58(49)60-54)52-22-11-9-19-46(52)43-30-35-56-51(37-43)48-21-10-12-25-55(48)61-56/h1-37H. The Morgan fingerprint density at radius 2 is 1.00 bits per heavy atom. The zero-order valence-corrected chi connectivity index (χ0v) is 33.9. The minimum absolute atomic E-state index is 0.862. The number of anilines is 3. The van der Waals surface area contributed by atoms with Gasteiger partial charge in [-0.25, -0.2) is 0 Å². The molecule has 0 N–H and O–H groups in total. The first-order valence-electron chi connectivity index (χ1n) is 20.7. The van der Waals surface area contributed by atoms with Crippen molar-refractivity contribution in [2.75, 3.05) is 4.90 Å². The number of para-hydroxylation sites is 1. The molecule has 0 radical (unpaired) electrons. The van der Waals surface area contributed by atoms with Crippen LogP contribution in [0.4, 0.5) is 17.1 Å². The van der Waals surface area contributed by atoms with Gasteiger partial charge < -0.3 is 9.32 Å². The largest absolute Gasteiger partial charge is 0.455 e. The summed E-state index contributed by atoms with van der Waals surface area (Å²) < 4.78 is 9.37. The lowest BCUT2D eigenvalue weighted by Gasteiger charge is -2.28. The average Bonchev–Trinajstić information content (AvgIpc) is 3.91. The summed E-state index contributed by atoms with van der Waals surface area (Å²) in [4.78, 5) is 2.43. The Hall–Kier alpha value is -7.72. The van der Waals surface area contributed by atoms with Gasteiger partial charge in [0.15, 0.2) is 0 Å². The number of furan rings is 1. The molecule has 0 spiro atoms. The minimum Gasteiger partial charge on any atom is -0.455 e. The number of rotatable bonds is 7. The van der Waals surface area contributed by atoms with Gasteiger partial charge in [-0.3, -0.25) is 0 Å². The summed E-state index contributed by atoms with van der Waals surface area (Å²) in [7, 11) is 0. The van der Waals surface area contributed by atoms with Crippen LogP contribution in [-0.4, -0.2) is 0 Å². The Morgan fingerprint density at radius 3 is 1.84 bits per heavy atom. The molecule has 0 atom stereocenters. The Kier molecular flexibility index (Phi) is 8.39. The number of fused-ring (bicyclic) bond motifs is 8. The Labute approximate surface area is 357 Å². The molecule has 0 fully saturated rings. The molecule has 12 aromatic rings. The highest BCUT2D eigenvalue weighted by Gasteiger charge is 2.23. The molecule has 0 aliphatic rings. The summed E-state index contributed by atoms with van der Waals surface area (Å²) in [5, 5.41) is 7.04. The van der Waals surface area contributed by atoms with Crippen molar-refractivity contribution in [3.63, 3.8) is 0 Å². The van der Waals surface area contributed by atoms with Crippen LogP contribution in [0.15, 0.2) is 229 Å². The highest BCUT2D eigenvalue weighted by Crippen LogP contribution is 2.48. The molecule has 2 aromatic heterocycles. The number of hydrogen-bond donors (Lipinski definition) is 0. The van der Waals surface area contributed by atoms with E-state index in [1.807, 2.05) is 11.3 Å². The molecule has 3 heteroatoms. The number of thiophene rings is 1. The van der Waals surface area contributed by atoms with E-state index in [0.717, 1.165) is 60.9 Å². The molecule has 2 nitrogen and oxygen atoms in total. The lowest BCUT2D eigenvalue weighted by molar-refractivity contribution is 0.672. The van der Waals surface area contributed by atoms with Gasteiger partial charge in [-0.2, -0.15) is 0 Å². The Bertz CT molecular complexity index is 3580. The lowest BCUT2D eigenvalue weighted by Crippen LogP contribution is -2.11. The summed E-state index contributed by atoms with van der Waals surface area (Å²) in [6, 6.07) is 81.2. The molecule has 0 aliphatic heterocycles. The minimum atomic E-state index is 0.862. The van der Waals surface area contributed by atoms with Crippen molar-refractivity contribution in [2.24, 2.45) is 0 Å². The second-order valence-electron chi connectivity index (χ2n) is 15.6. The average molecular weight is 796 g/mol. The van der Waals surface area contributed by atoms with Crippen LogP contribution >= 0.6 is 11.3 Å². The lowest BCUT2D eigenvalue weighted by atomic mass is 9.91. The summed E-state index contributed by atoms with van der Waals surface area (Å²) in [5.41, 5.74) is 14.5. The zero-order valence-electron chi connectivity index (χ0n) is 33.1. The predicted octanol–water partition coefficient (Wildman–Crippen LogP) is 17.2. The van der Waals surface area contributed by atoms with Gasteiger partial charge in [0.25, 0.3) is 0 Å². The SMILES string of the molecule is c1ccc(-c2ccc(-c3ccc(N(c4ccccc4-c4ccc5sc6ccccc6c5c4)c4cccc5oc6c7ccccc7ccc6c45)cc3)cc2-c2ccccc2)cc1. The molecule has 12 rings (SSSR count). The molecule has 0 bridgehead atoms. The van der Waals surface area contributed by atoms with E-state index in [1.165, 1.54) is 53.6 Å². The van der Waals surface area contributed by atoms with Crippen LogP contribution in [0.5, 0.6) is 0 Å². The van der Waals surface area contributed by atoms with Gasteiger partial charge >= 0.3 is 0 Å². The first-order chi connectivity index (χ1) is 30.2.